The SMILES string of the molecule is S=C(Nc1ccccc1)N1CC(Cl)(c2ccccc2)C1. The molecule has 1 saturated heterocycles. The van der Waals surface area contributed by atoms with E-state index in [1.54, 1.807) is 0 Å². The van der Waals surface area contributed by atoms with Gasteiger partial charge in [0, 0.05) is 18.8 Å². The summed E-state index contributed by atoms with van der Waals surface area (Å²) in [7, 11) is 0. The zero-order chi connectivity index (χ0) is 14.0. The van der Waals surface area contributed by atoms with Crippen molar-refractivity contribution in [3.63, 3.8) is 0 Å². The van der Waals surface area contributed by atoms with Gasteiger partial charge < -0.3 is 10.2 Å². The molecule has 0 unspecified atom stereocenters. The maximum absolute atomic E-state index is 6.65. The fourth-order valence-electron chi connectivity index (χ4n) is 2.35. The number of halogens is 1. The van der Waals surface area contributed by atoms with Gasteiger partial charge in [0.2, 0.25) is 0 Å². The van der Waals surface area contributed by atoms with Crippen LogP contribution in [0, 0.1) is 0 Å². The smallest absolute Gasteiger partial charge is 0.173 e. The van der Waals surface area contributed by atoms with E-state index in [4.69, 9.17) is 23.8 Å². The minimum atomic E-state index is -0.316. The van der Waals surface area contributed by atoms with Crippen molar-refractivity contribution in [2.45, 2.75) is 4.87 Å². The first-order valence-electron chi connectivity index (χ1n) is 6.53. The van der Waals surface area contributed by atoms with E-state index in [1.165, 1.54) is 0 Å². The highest BCUT2D eigenvalue weighted by molar-refractivity contribution is 7.80. The molecule has 2 aromatic carbocycles. The largest absolute Gasteiger partial charge is 0.345 e. The zero-order valence-corrected chi connectivity index (χ0v) is 12.5. The second-order valence-electron chi connectivity index (χ2n) is 4.98. The number of nitrogens with one attached hydrogen (secondary N) is 1. The molecule has 0 amide bonds. The van der Waals surface area contributed by atoms with Gasteiger partial charge in [-0.15, -0.1) is 11.6 Å². The molecule has 0 aliphatic carbocycles. The quantitative estimate of drug-likeness (QED) is 0.670. The van der Waals surface area contributed by atoms with E-state index in [1.807, 2.05) is 48.5 Å². The van der Waals surface area contributed by atoms with Gasteiger partial charge in [0.15, 0.2) is 5.11 Å². The van der Waals surface area contributed by atoms with Crippen LogP contribution in [0.5, 0.6) is 0 Å². The number of nitrogens with zero attached hydrogens (tertiary/aromatic N) is 1. The third-order valence-corrected chi connectivity index (χ3v) is 4.30. The van der Waals surface area contributed by atoms with Crippen molar-refractivity contribution in [3.05, 3.63) is 66.2 Å². The van der Waals surface area contributed by atoms with Crippen LogP contribution < -0.4 is 5.32 Å². The van der Waals surface area contributed by atoms with Crippen LogP contribution in [0.4, 0.5) is 5.69 Å². The van der Waals surface area contributed by atoms with Crippen molar-refractivity contribution >= 4 is 34.6 Å². The minimum Gasteiger partial charge on any atom is -0.345 e. The molecule has 0 aromatic heterocycles. The summed E-state index contributed by atoms with van der Waals surface area (Å²) in [5, 5.41) is 3.96. The van der Waals surface area contributed by atoms with E-state index in [9.17, 15) is 0 Å². The number of para-hydroxylation sites is 1. The van der Waals surface area contributed by atoms with Crippen LogP contribution in [-0.2, 0) is 4.87 Å². The number of rotatable bonds is 2. The van der Waals surface area contributed by atoms with Crippen molar-refractivity contribution < 1.29 is 0 Å². The summed E-state index contributed by atoms with van der Waals surface area (Å²) < 4.78 is 0. The van der Waals surface area contributed by atoms with Gasteiger partial charge in [0.1, 0.15) is 4.87 Å². The third-order valence-electron chi connectivity index (χ3n) is 3.49. The molecule has 0 radical (unpaired) electrons. The molecule has 1 heterocycles. The monoisotopic (exact) mass is 302 g/mol. The van der Waals surface area contributed by atoms with Gasteiger partial charge in [-0.3, -0.25) is 0 Å². The Morgan fingerprint density at radius 2 is 1.55 bits per heavy atom. The predicted octanol–water partition coefficient (Wildman–Crippen LogP) is 3.83. The Labute approximate surface area is 129 Å². The first kappa shape index (κ1) is 13.4. The summed E-state index contributed by atoms with van der Waals surface area (Å²) in [5.74, 6) is 0. The molecule has 3 rings (SSSR count). The number of hydrogen-bond acceptors (Lipinski definition) is 1. The highest BCUT2D eigenvalue weighted by Crippen LogP contribution is 2.38. The van der Waals surface area contributed by atoms with Gasteiger partial charge in [-0.1, -0.05) is 48.5 Å². The summed E-state index contributed by atoms with van der Waals surface area (Å²) in [4.78, 5) is 1.77. The van der Waals surface area contributed by atoms with E-state index in [2.05, 4.69) is 22.3 Å². The molecule has 102 valence electrons. The maximum atomic E-state index is 6.65. The molecule has 1 fully saturated rings. The number of likely N-dealkylation sites (tertiary alicyclic amines) is 1. The van der Waals surface area contributed by atoms with Crippen LogP contribution in [0.1, 0.15) is 5.56 Å². The average Bonchev–Trinajstić information content (AvgIpc) is 2.46. The van der Waals surface area contributed by atoms with E-state index >= 15 is 0 Å². The molecule has 0 saturated carbocycles. The fraction of sp³-hybridized carbons (Fsp3) is 0.188. The van der Waals surface area contributed by atoms with Crippen molar-refractivity contribution in [1.82, 2.24) is 4.90 Å². The molecule has 20 heavy (non-hydrogen) atoms. The molecule has 2 nitrogen and oxygen atoms in total. The lowest BCUT2D eigenvalue weighted by Gasteiger charge is -2.47. The highest BCUT2D eigenvalue weighted by Gasteiger charge is 2.43. The molecule has 1 aliphatic rings. The molecule has 0 bridgehead atoms. The van der Waals surface area contributed by atoms with E-state index < -0.39 is 0 Å². The zero-order valence-electron chi connectivity index (χ0n) is 10.9. The summed E-state index contributed by atoms with van der Waals surface area (Å²) in [6, 6.07) is 20.1. The predicted molar refractivity (Wildman–Crippen MR) is 88.2 cm³/mol. The van der Waals surface area contributed by atoms with Crippen LogP contribution in [0.2, 0.25) is 0 Å². The number of benzene rings is 2. The van der Waals surface area contributed by atoms with Gasteiger partial charge in [-0.25, -0.2) is 0 Å². The maximum Gasteiger partial charge on any atom is 0.173 e. The van der Waals surface area contributed by atoms with Crippen LogP contribution in [0.15, 0.2) is 60.7 Å². The Hall–Kier alpha value is -1.58. The third kappa shape index (κ3) is 2.65. The van der Waals surface area contributed by atoms with E-state index in [-0.39, 0.29) is 4.87 Å². The summed E-state index contributed by atoms with van der Waals surface area (Å²) in [6.45, 7) is 1.47. The first-order valence-corrected chi connectivity index (χ1v) is 7.31. The van der Waals surface area contributed by atoms with Crippen molar-refractivity contribution in [2.75, 3.05) is 18.4 Å². The normalized spacial score (nSPS) is 16.4. The number of thiocarbonyl (C=S) groups is 1. The second kappa shape index (κ2) is 5.43. The van der Waals surface area contributed by atoms with Crippen LogP contribution in [-0.4, -0.2) is 23.1 Å². The van der Waals surface area contributed by atoms with E-state index in [0.717, 1.165) is 29.5 Å². The van der Waals surface area contributed by atoms with Gasteiger partial charge >= 0.3 is 0 Å². The standard InChI is InChI=1S/C16H15ClN2S/c17-16(13-7-3-1-4-8-13)11-19(12-16)15(20)18-14-9-5-2-6-10-14/h1-10H,11-12H2,(H,18,20). The lowest BCUT2D eigenvalue weighted by molar-refractivity contribution is 0.220. The minimum absolute atomic E-state index is 0.316. The summed E-state index contributed by atoms with van der Waals surface area (Å²) in [6.07, 6.45) is 0. The summed E-state index contributed by atoms with van der Waals surface area (Å²) in [5.41, 5.74) is 2.16. The fourth-order valence-corrected chi connectivity index (χ4v) is 3.01. The Balaban J connectivity index is 1.61. The number of alkyl halides is 1. The van der Waals surface area contributed by atoms with Gasteiger partial charge in [-0.2, -0.15) is 0 Å². The van der Waals surface area contributed by atoms with Gasteiger partial charge in [-0.05, 0) is 29.9 Å². The van der Waals surface area contributed by atoms with Gasteiger partial charge in [0.25, 0.3) is 0 Å². The summed E-state index contributed by atoms with van der Waals surface area (Å²) >= 11 is 12.1. The number of anilines is 1. The highest BCUT2D eigenvalue weighted by atomic mass is 35.5. The molecule has 2 aromatic rings. The van der Waals surface area contributed by atoms with Crippen molar-refractivity contribution in [3.8, 4) is 0 Å². The Morgan fingerprint density at radius 3 is 2.15 bits per heavy atom. The molecule has 0 atom stereocenters. The van der Waals surface area contributed by atoms with Crippen molar-refractivity contribution in [1.29, 1.82) is 0 Å². The van der Waals surface area contributed by atoms with Crippen LogP contribution in [0.3, 0.4) is 0 Å². The molecule has 0 spiro atoms. The Kier molecular flexibility index (Phi) is 3.64. The lowest BCUT2D eigenvalue weighted by atomic mass is 9.91. The molecule has 1 N–H and O–H groups in total. The Bertz CT molecular complexity index is 594. The van der Waals surface area contributed by atoms with E-state index in [0.29, 0.717) is 0 Å². The van der Waals surface area contributed by atoms with Crippen molar-refractivity contribution in [2.24, 2.45) is 0 Å². The average molecular weight is 303 g/mol. The van der Waals surface area contributed by atoms with Crippen LogP contribution >= 0.6 is 23.8 Å². The molecular formula is C16H15ClN2S. The lowest BCUT2D eigenvalue weighted by Crippen LogP contribution is -2.59. The number of hydrogen-bond donors (Lipinski definition) is 1. The molecule has 4 heteroatoms. The first-order chi connectivity index (χ1) is 9.67. The molecular weight excluding hydrogens is 288 g/mol. The topological polar surface area (TPSA) is 15.3 Å². The Morgan fingerprint density at radius 1 is 1.00 bits per heavy atom. The molecule has 1 aliphatic heterocycles. The van der Waals surface area contributed by atoms with Crippen LogP contribution in [0.25, 0.3) is 0 Å². The second-order valence-corrected chi connectivity index (χ2v) is 6.09. The van der Waals surface area contributed by atoms with Gasteiger partial charge in [0.05, 0.1) is 0 Å².